The first-order chi connectivity index (χ1) is 13.3. The minimum absolute atomic E-state index is 0.0668. The van der Waals surface area contributed by atoms with Crippen LogP contribution in [0.4, 0.5) is 19.3 Å². The van der Waals surface area contributed by atoms with Gasteiger partial charge in [-0.15, -0.1) is 0 Å². The summed E-state index contributed by atoms with van der Waals surface area (Å²) >= 11 is 0. The van der Waals surface area contributed by atoms with Gasteiger partial charge in [0.2, 0.25) is 0 Å². The Morgan fingerprint density at radius 3 is 2.64 bits per heavy atom. The zero-order valence-electron chi connectivity index (χ0n) is 15.3. The number of aromatic nitrogens is 2. The summed E-state index contributed by atoms with van der Waals surface area (Å²) in [5, 5.41) is 4.75. The van der Waals surface area contributed by atoms with Crippen molar-refractivity contribution in [2.45, 2.75) is 19.9 Å². The highest BCUT2D eigenvalue weighted by atomic mass is 19.1. The molecule has 1 atom stereocenters. The van der Waals surface area contributed by atoms with E-state index < -0.39 is 34.7 Å². The van der Waals surface area contributed by atoms with Crippen molar-refractivity contribution in [2.24, 2.45) is 5.73 Å². The van der Waals surface area contributed by atoms with E-state index in [1.54, 1.807) is 32.0 Å². The molecule has 1 unspecified atom stereocenters. The van der Waals surface area contributed by atoms with Crippen LogP contribution < -0.4 is 21.9 Å². The Labute approximate surface area is 159 Å². The highest BCUT2D eigenvalue weighted by molar-refractivity contribution is 5.89. The second-order valence-corrected chi connectivity index (χ2v) is 6.19. The number of carbonyl (C=O) groups excluding carboxylic acids is 1. The molecular weight excluding hydrogens is 368 g/mol. The van der Waals surface area contributed by atoms with Crippen LogP contribution >= 0.6 is 0 Å². The monoisotopic (exact) mass is 387 g/mol. The first-order valence-corrected chi connectivity index (χ1v) is 8.65. The second kappa shape index (κ2) is 7.73. The number of carbonyl (C=O) groups is 1. The van der Waals surface area contributed by atoms with Crippen LogP contribution in [0.5, 0.6) is 0 Å². The van der Waals surface area contributed by atoms with Gasteiger partial charge in [0.05, 0.1) is 11.7 Å². The van der Waals surface area contributed by atoms with E-state index >= 15 is 0 Å². The number of halogens is 2. The molecule has 3 rings (SSSR count). The molecule has 1 aromatic heterocycles. The normalized spacial score (nSPS) is 12.0. The fourth-order valence-corrected chi connectivity index (χ4v) is 2.85. The van der Waals surface area contributed by atoms with Crippen molar-refractivity contribution in [1.29, 1.82) is 0 Å². The van der Waals surface area contributed by atoms with E-state index in [0.29, 0.717) is 17.9 Å². The molecule has 146 valence electrons. The van der Waals surface area contributed by atoms with Crippen molar-refractivity contribution in [1.82, 2.24) is 14.9 Å². The van der Waals surface area contributed by atoms with Crippen LogP contribution in [0.3, 0.4) is 0 Å². The number of hydrogen-bond acceptors (Lipinski definition) is 4. The molecule has 3 aromatic rings. The Hall–Kier alpha value is -3.33. The van der Waals surface area contributed by atoms with Crippen LogP contribution in [0.2, 0.25) is 0 Å². The quantitative estimate of drug-likeness (QED) is 0.641. The summed E-state index contributed by atoms with van der Waals surface area (Å²) in [5.41, 5.74) is 5.50. The minimum Gasteiger partial charge on any atom is -0.338 e. The lowest BCUT2D eigenvalue weighted by atomic mass is 10.2. The molecule has 2 amide bonds. The van der Waals surface area contributed by atoms with E-state index in [4.69, 9.17) is 5.73 Å². The maximum absolute atomic E-state index is 14.3. The number of nitrogens with zero attached hydrogens (tertiary/aromatic N) is 2. The fraction of sp³-hybridized carbons (Fsp3) is 0.211. The van der Waals surface area contributed by atoms with Gasteiger partial charge >= 0.3 is 6.03 Å². The first-order valence-electron chi connectivity index (χ1n) is 8.65. The van der Waals surface area contributed by atoms with Gasteiger partial charge in [-0.25, -0.2) is 18.6 Å². The fourth-order valence-electron chi connectivity index (χ4n) is 2.85. The molecule has 1 heterocycles. The molecule has 2 aromatic carbocycles. The lowest BCUT2D eigenvalue weighted by Crippen LogP contribution is -2.29. The van der Waals surface area contributed by atoms with Crippen LogP contribution in [0.25, 0.3) is 16.6 Å². The number of benzene rings is 2. The molecule has 0 bridgehead atoms. The predicted octanol–water partition coefficient (Wildman–Crippen LogP) is 2.83. The predicted molar refractivity (Wildman–Crippen MR) is 103 cm³/mol. The maximum Gasteiger partial charge on any atom is 0.319 e. The molecule has 0 aliphatic heterocycles. The number of nitrogens with two attached hydrogens (primary N) is 1. The summed E-state index contributed by atoms with van der Waals surface area (Å²) in [6.07, 6.45) is 0. The Bertz CT molecular complexity index is 1110. The highest BCUT2D eigenvalue weighted by Crippen LogP contribution is 2.22. The highest BCUT2D eigenvalue weighted by Gasteiger charge is 2.20. The Balaban J connectivity index is 2.24. The molecule has 0 fully saturated rings. The average molecular weight is 387 g/mol. The number of fused-ring (bicyclic) bond motifs is 1. The van der Waals surface area contributed by atoms with Crippen LogP contribution in [-0.2, 0) is 0 Å². The average Bonchev–Trinajstić information content (AvgIpc) is 2.64. The summed E-state index contributed by atoms with van der Waals surface area (Å²) in [6, 6.07) is 6.99. The summed E-state index contributed by atoms with van der Waals surface area (Å²) in [4.78, 5) is 28.9. The van der Waals surface area contributed by atoms with Gasteiger partial charge in [0, 0.05) is 12.2 Å². The van der Waals surface area contributed by atoms with Crippen LogP contribution in [-0.4, -0.2) is 22.1 Å². The molecule has 0 aliphatic rings. The Morgan fingerprint density at radius 2 is 1.96 bits per heavy atom. The third-order valence-corrected chi connectivity index (χ3v) is 4.06. The molecule has 0 radical (unpaired) electrons. The Morgan fingerprint density at radius 1 is 1.25 bits per heavy atom. The maximum atomic E-state index is 14.3. The van der Waals surface area contributed by atoms with E-state index in [-0.39, 0.29) is 11.3 Å². The summed E-state index contributed by atoms with van der Waals surface area (Å²) in [7, 11) is 0. The van der Waals surface area contributed by atoms with Gasteiger partial charge in [-0.3, -0.25) is 9.36 Å². The molecule has 0 aliphatic carbocycles. The van der Waals surface area contributed by atoms with E-state index in [2.05, 4.69) is 15.6 Å². The number of anilines is 1. The molecule has 9 heteroatoms. The SMILES string of the molecule is CCNC(=O)Nc1cccc(-n2c(C(C)N)nc3c(F)ccc(F)c3c2=O)c1. The lowest BCUT2D eigenvalue weighted by Gasteiger charge is -2.17. The van der Waals surface area contributed by atoms with Crippen LogP contribution in [0, 0.1) is 11.6 Å². The van der Waals surface area contributed by atoms with Gasteiger partial charge in [0.1, 0.15) is 28.4 Å². The van der Waals surface area contributed by atoms with Crippen molar-refractivity contribution in [3.8, 4) is 5.69 Å². The Kier molecular flexibility index (Phi) is 5.36. The van der Waals surface area contributed by atoms with Crippen LogP contribution in [0.15, 0.2) is 41.2 Å². The standard InChI is InChI=1S/C19H19F2N5O2/c1-3-23-19(28)24-11-5-4-6-12(9-11)26-17(10(2)22)25-16-14(21)8-7-13(20)15(16)18(26)27/h4-10H,3,22H2,1-2H3,(H2,23,24,28). The molecule has 0 saturated heterocycles. The summed E-state index contributed by atoms with van der Waals surface area (Å²) in [6.45, 7) is 3.80. The van der Waals surface area contributed by atoms with E-state index in [9.17, 15) is 18.4 Å². The topological polar surface area (TPSA) is 102 Å². The summed E-state index contributed by atoms with van der Waals surface area (Å²) < 4.78 is 29.5. The molecule has 4 N–H and O–H groups in total. The van der Waals surface area contributed by atoms with E-state index in [1.165, 1.54) is 6.07 Å². The molecule has 0 spiro atoms. The number of rotatable bonds is 4. The van der Waals surface area contributed by atoms with E-state index in [1.807, 2.05) is 0 Å². The van der Waals surface area contributed by atoms with E-state index in [0.717, 1.165) is 16.7 Å². The smallest absolute Gasteiger partial charge is 0.319 e. The van der Waals surface area contributed by atoms with Crippen molar-refractivity contribution >= 4 is 22.6 Å². The number of hydrogen-bond donors (Lipinski definition) is 3. The zero-order chi connectivity index (χ0) is 20.4. The number of nitrogens with one attached hydrogen (secondary N) is 2. The van der Waals surface area contributed by atoms with Crippen molar-refractivity contribution in [3.05, 3.63) is 64.2 Å². The molecule has 0 saturated carbocycles. The minimum atomic E-state index is -0.879. The number of urea groups is 1. The number of amides is 2. The molecule has 7 nitrogen and oxygen atoms in total. The van der Waals surface area contributed by atoms with Gasteiger partial charge in [0.15, 0.2) is 0 Å². The third-order valence-electron chi connectivity index (χ3n) is 4.06. The lowest BCUT2D eigenvalue weighted by molar-refractivity contribution is 0.252. The van der Waals surface area contributed by atoms with Gasteiger partial charge in [-0.05, 0) is 44.2 Å². The van der Waals surface area contributed by atoms with Crippen LogP contribution in [0.1, 0.15) is 25.7 Å². The van der Waals surface area contributed by atoms with Gasteiger partial charge < -0.3 is 16.4 Å². The second-order valence-electron chi connectivity index (χ2n) is 6.19. The summed E-state index contributed by atoms with van der Waals surface area (Å²) in [5.74, 6) is -1.62. The van der Waals surface area contributed by atoms with Crippen molar-refractivity contribution in [2.75, 3.05) is 11.9 Å². The van der Waals surface area contributed by atoms with Crippen molar-refractivity contribution < 1.29 is 13.6 Å². The first kappa shape index (κ1) is 19.4. The molecular formula is C19H19F2N5O2. The van der Waals surface area contributed by atoms with Crippen molar-refractivity contribution in [3.63, 3.8) is 0 Å². The zero-order valence-corrected chi connectivity index (χ0v) is 15.3. The third kappa shape index (κ3) is 3.56. The largest absolute Gasteiger partial charge is 0.338 e. The van der Waals surface area contributed by atoms with Gasteiger partial charge in [-0.1, -0.05) is 6.07 Å². The van der Waals surface area contributed by atoms with Gasteiger partial charge in [0.25, 0.3) is 5.56 Å². The molecule has 28 heavy (non-hydrogen) atoms. The van der Waals surface area contributed by atoms with Gasteiger partial charge in [-0.2, -0.15) is 0 Å².